The van der Waals surface area contributed by atoms with Crippen LogP contribution in [0.5, 0.6) is 0 Å². The first-order chi connectivity index (χ1) is 7.41. The van der Waals surface area contributed by atoms with Gasteiger partial charge in [0, 0.05) is 10.6 Å². The van der Waals surface area contributed by atoms with Crippen molar-refractivity contribution in [1.29, 1.82) is 0 Å². The van der Waals surface area contributed by atoms with Crippen molar-refractivity contribution in [2.75, 3.05) is 6.54 Å². The molecule has 0 radical (unpaired) electrons. The van der Waals surface area contributed by atoms with Gasteiger partial charge < -0.3 is 5.32 Å². The highest BCUT2D eigenvalue weighted by Gasteiger charge is 2.18. The molecule has 0 saturated carbocycles. The smallest absolute Gasteiger partial charge is 0.0438 e. The molecule has 0 heterocycles. The second-order valence-electron chi connectivity index (χ2n) is 5.43. The molecule has 0 saturated heterocycles. The van der Waals surface area contributed by atoms with Crippen LogP contribution in [-0.4, -0.2) is 12.1 Å². The fourth-order valence-electron chi connectivity index (χ4n) is 1.66. The summed E-state index contributed by atoms with van der Waals surface area (Å²) >= 11 is 6.17. The number of halogens is 1. The first-order valence-electron chi connectivity index (χ1n) is 5.89. The van der Waals surface area contributed by atoms with Crippen molar-refractivity contribution < 1.29 is 0 Å². The van der Waals surface area contributed by atoms with Crippen molar-refractivity contribution in [3.63, 3.8) is 0 Å². The highest BCUT2D eigenvalue weighted by molar-refractivity contribution is 6.31. The molecule has 1 aromatic rings. The summed E-state index contributed by atoms with van der Waals surface area (Å²) in [7, 11) is 0. The van der Waals surface area contributed by atoms with Crippen molar-refractivity contribution in [3.05, 3.63) is 34.9 Å². The second kappa shape index (κ2) is 5.70. The molecule has 0 fully saturated rings. The van der Waals surface area contributed by atoms with Gasteiger partial charge in [0.25, 0.3) is 0 Å². The van der Waals surface area contributed by atoms with Crippen LogP contribution >= 0.6 is 11.6 Å². The van der Waals surface area contributed by atoms with Crippen LogP contribution < -0.4 is 5.32 Å². The van der Waals surface area contributed by atoms with Crippen molar-refractivity contribution in [2.45, 2.75) is 39.7 Å². The van der Waals surface area contributed by atoms with Crippen molar-refractivity contribution in [1.82, 2.24) is 5.32 Å². The Bertz CT molecular complexity index is 331. The molecule has 1 nitrogen and oxygen atoms in total. The molecule has 2 heteroatoms. The molecule has 0 aliphatic heterocycles. The van der Waals surface area contributed by atoms with Gasteiger partial charge in [0.15, 0.2) is 0 Å². The average Bonchev–Trinajstić information content (AvgIpc) is 2.19. The molecule has 90 valence electrons. The summed E-state index contributed by atoms with van der Waals surface area (Å²) in [6.07, 6.45) is 0.958. The standard InChI is InChI=1S/C14H22ClN/c1-11(2)10-16-14(3,4)9-12-7-5-6-8-13(12)15/h5-8,11,16H,9-10H2,1-4H3. The third-order valence-corrected chi connectivity index (χ3v) is 2.95. The third-order valence-electron chi connectivity index (χ3n) is 2.58. The van der Waals surface area contributed by atoms with Crippen LogP contribution in [-0.2, 0) is 6.42 Å². The van der Waals surface area contributed by atoms with Crippen molar-refractivity contribution in [2.24, 2.45) is 5.92 Å². The minimum absolute atomic E-state index is 0.0925. The Kier molecular flexibility index (Phi) is 4.82. The predicted octanol–water partition coefficient (Wildman–Crippen LogP) is 3.91. The van der Waals surface area contributed by atoms with E-state index in [0.29, 0.717) is 5.92 Å². The zero-order valence-electron chi connectivity index (χ0n) is 10.7. The molecule has 1 rings (SSSR count). The molecule has 0 amide bonds. The maximum absolute atomic E-state index is 6.17. The number of rotatable bonds is 5. The normalized spacial score (nSPS) is 12.1. The van der Waals surface area contributed by atoms with Gasteiger partial charge >= 0.3 is 0 Å². The summed E-state index contributed by atoms with van der Waals surface area (Å²) in [5.74, 6) is 0.672. The summed E-state index contributed by atoms with van der Waals surface area (Å²) in [4.78, 5) is 0. The summed E-state index contributed by atoms with van der Waals surface area (Å²) in [6, 6.07) is 8.07. The SMILES string of the molecule is CC(C)CNC(C)(C)Cc1ccccc1Cl. The quantitative estimate of drug-likeness (QED) is 0.822. The van der Waals surface area contributed by atoms with Crippen molar-refractivity contribution >= 4 is 11.6 Å². The van der Waals surface area contributed by atoms with Gasteiger partial charge in [-0.05, 0) is 44.4 Å². The van der Waals surface area contributed by atoms with Gasteiger partial charge in [-0.3, -0.25) is 0 Å². The Morgan fingerprint density at radius 2 is 1.88 bits per heavy atom. The largest absolute Gasteiger partial charge is 0.311 e. The summed E-state index contributed by atoms with van der Waals surface area (Å²) in [6.45, 7) is 9.92. The predicted molar refractivity (Wildman–Crippen MR) is 72.1 cm³/mol. The number of hydrogen-bond acceptors (Lipinski definition) is 1. The molecule has 0 atom stereocenters. The first kappa shape index (κ1) is 13.5. The van der Waals surface area contributed by atoms with Crippen LogP contribution in [0.4, 0.5) is 0 Å². The van der Waals surface area contributed by atoms with E-state index in [1.807, 2.05) is 18.2 Å². The molecule has 0 aliphatic rings. The van der Waals surface area contributed by atoms with Crippen LogP contribution in [0.2, 0.25) is 5.02 Å². The van der Waals surface area contributed by atoms with E-state index >= 15 is 0 Å². The zero-order chi connectivity index (χ0) is 12.2. The summed E-state index contributed by atoms with van der Waals surface area (Å²) < 4.78 is 0. The molecule has 0 aromatic heterocycles. The fraction of sp³-hybridized carbons (Fsp3) is 0.571. The highest BCUT2D eigenvalue weighted by atomic mass is 35.5. The monoisotopic (exact) mass is 239 g/mol. The zero-order valence-corrected chi connectivity index (χ0v) is 11.4. The van der Waals surface area contributed by atoms with Crippen LogP contribution in [0.3, 0.4) is 0 Å². The number of nitrogens with one attached hydrogen (secondary N) is 1. The minimum Gasteiger partial charge on any atom is -0.311 e. The Labute approximate surface area is 104 Å². The van der Waals surface area contributed by atoms with Crippen LogP contribution in [0.25, 0.3) is 0 Å². The lowest BCUT2D eigenvalue weighted by atomic mass is 9.94. The average molecular weight is 240 g/mol. The molecular weight excluding hydrogens is 218 g/mol. The number of benzene rings is 1. The molecule has 0 aliphatic carbocycles. The summed E-state index contributed by atoms with van der Waals surface area (Å²) in [5.41, 5.74) is 1.31. The lowest BCUT2D eigenvalue weighted by molar-refractivity contribution is 0.361. The van der Waals surface area contributed by atoms with E-state index in [1.54, 1.807) is 0 Å². The van der Waals surface area contributed by atoms with Gasteiger partial charge in [-0.15, -0.1) is 0 Å². The lowest BCUT2D eigenvalue weighted by Gasteiger charge is -2.28. The van der Waals surface area contributed by atoms with Gasteiger partial charge in [0.2, 0.25) is 0 Å². The lowest BCUT2D eigenvalue weighted by Crippen LogP contribution is -2.43. The molecule has 1 aromatic carbocycles. The van der Waals surface area contributed by atoms with E-state index in [1.165, 1.54) is 5.56 Å². The van der Waals surface area contributed by atoms with E-state index in [4.69, 9.17) is 11.6 Å². The minimum atomic E-state index is 0.0925. The second-order valence-corrected chi connectivity index (χ2v) is 5.83. The van der Waals surface area contributed by atoms with E-state index in [-0.39, 0.29) is 5.54 Å². The molecule has 0 unspecified atom stereocenters. The Morgan fingerprint density at radius 3 is 2.44 bits per heavy atom. The third kappa shape index (κ3) is 4.54. The molecule has 0 spiro atoms. The topological polar surface area (TPSA) is 12.0 Å². The Hall–Kier alpha value is -0.530. The highest BCUT2D eigenvalue weighted by Crippen LogP contribution is 2.20. The van der Waals surface area contributed by atoms with Crippen molar-refractivity contribution in [3.8, 4) is 0 Å². The van der Waals surface area contributed by atoms with Crippen LogP contribution in [0, 0.1) is 5.92 Å². The number of hydrogen-bond donors (Lipinski definition) is 1. The fourth-order valence-corrected chi connectivity index (χ4v) is 1.86. The van der Waals surface area contributed by atoms with Gasteiger partial charge in [-0.1, -0.05) is 43.6 Å². The molecular formula is C14H22ClN. The molecule has 16 heavy (non-hydrogen) atoms. The van der Waals surface area contributed by atoms with Gasteiger partial charge in [-0.2, -0.15) is 0 Å². The van der Waals surface area contributed by atoms with Gasteiger partial charge in [0.1, 0.15) is 0 Å². The van der Waals surface area contributed by atoms with E-state index in [2.05, 4.69) is 39.1 Å². The van der Waals surface area contributed by atoms with Gasteiger partial charge in [-0.25, -0.2) is 0 Å². The Balaban J connectivity index is 2.62. The maximum Gasteiger partial charge on any atom is 0.0438 e. The summed E-state index contributed by atoms with van der Waals surface area (Å²) in [5, 5.41) is 4.44. The van der Waals surface area contributed by atoms with E-state index < -0.39 is 0 Å². The molecule has 1 N–H and O–H groups in total. The van der Waals surface area contributed by atoms with E-state index in [0.717, 1.165) is 18.0 Å². The maximum atomic E-state index is 6.17. The molecule has 0 bridgehead atoms. The van der Waals surface area contributed by atoms with Gasteiger partial charge in [0.05, 0.1) is 0 Å². The Morgan fingerprint density at radius 1 is 1.25 bits per heavy atom. The van der Waals surface area contributed by atoms with Crippen LogP contribution in [0.15, 0.2) is 24.3 Å². The van der Waals surface area contributed by atoms with Crippen LogP contribution in [0.1, 0.15) is 33.3 Å². The van der Waals surface area contributed by atoms with E-state index in [9.17, 15) is 0 Å². The first-order valence-corrected chi connectivity index (χ1v) is 6.27.